The Morgan fingerprint density at radius 3 is 2.32 bits per heavy atom. The van der Waals surface area contributed by atoms with Crippen LogP contribution in [0.5, 0.6) is 11.5 Å². The van der Waals surface area contributed by atoms with E-state index in [0.29, 0.717) is 5.56 Å². The van der Waals surface area contributed by atoms with E-state index in [1.54, 1.807) is 18.3 Å². The van der Waals surface area contributed by atoms with E-state index in [4.69, 9.17) is 9.47 Å². The average Bonchev–Trinajstić information content (AvgIpc) is 3.25. The van der Waals surface area contributed by atoms with Crippen LogP contribution in [0.2, 0.25) is 0 Å². The van der Waals surface area contributed by atoms with Crippen molar-refractivity contribution in [1.82, 2.24) is 19.6 Å². The molecule has 2 aromatic heterocycles. The van der Waals surface area contributed by atoms with E-state index in [2.05, 4.69) is 21.8 Å². The average molecular weight is 477 g/mol. The van der Waals surface area contributed by atoms with Crippen molar-refractivity contribution in [2.75, 3.05) is 58.9 Å². The summed E-state index contributed by atoms with van der Waals surface area (Å²) in [5.41, 5.74) is 3.09. The number of benzene rings is 1. The lowest BCUT2D eigenvalue weighted by Crippen LogP contribution is -2.44. The molecule has 1 aliphatic heterocycles. The first-order chi connectivity index (χ1) is 16.2. The number of likely N-dealkylation sites (N-methyl/N-ethyl adjacent to an activating group) is 1. The van der Waals surface area contributed by atoms with Gasteiger partial charge in [-0.05, 0) is 25.2 Å². The van der Waals surface area contributed by atoms with Crippen LogP contribution in [-0.4, -0.2) is 80.4 Å². The fraction of sp³-hybridized carbons (Fsp3) is 0.391. The predicted octanol–water partition coefficient (Wildman–Crippen LogP) is 3.06. The lowest BCUT2D eigenvalue weighted by molar-refractivity contribution is -0.123. The third kappa shape index (κ3) is 4.89. The van der Waals surface area contributed by atoms with Crippen molar-refractivity contribution in [3.63, 3.8) is 0 Å². The first-order valence-corrected chi connectivity index (χ1v) is 10.7. The maximum absolute atomic E-state index is 12.6. The number of halogens is 3. The van der Waals surface area contributed by atoms with Gasteiger partial charge in [-0.15, -0.1) is 0 Å². The maximum Gasteiger partial charge on any atom is 0.405 e. The van der Waals surface area contributed by atoms with Crippen LogP contribution in [0.3, 0.4) is 0 Å². The van der Waals surface area contributed by atoms with Gasteiger partial charge in [0, 0.05) is 49.7 Å². The second-order valence-corrected chi connectivity index (χ2v) is 8.10. The molecule has 182 valence electrons. The van der Waals surface area contributed by atoms with Crippen molar-refractivity contribution >= 4 is 17.2 Å². The minimum absolute atomic E-state index is 0.0954. The van der Waals surface area contributed by atoms with Crippen LogP contribution >= 0.6 is 0 Å². The molecule has 0 bridgehead atoms. The number of imidazole rings is 1. The fourth-order valence-electron chi connectivity index (χ4n) is 4.00. The summed E-state index contributed by atoms with van der Waals surface area (Å²) in [6.45, 7) is 2.41. The Bertz CT molecular complexity index is 1160. The number of aromatic nitrogens is 2. The molecule has 3 heterocycles. The van der Waals surface area contributed by atoms with Crippen molar-refractivity contribution in [3.05, 3.63) is 42.2 Å². The van der Waals surface area contributed by atoms with Crippen molar-refractivity contribution in [2.45, 2.75) is 6.18 Å². The number of nitrogens with one attached hydrogen (secondary N) is 1. The normalized spacial score (nSPS) is 14.9. The number of piperazine rings is 1. The number of methoxy groups -OCH3 is 2. The van der Waals surface area contributed by atoms with Gasteiger partial charge >= 0.3 is 6.18 Å². The summed E-state index contributed by atoms with van der Waals surface area (Å²) in [5.74, 6) is -0.747. The zero-order chi connectivity index (χ0) is 24.5. The Balaban J connectivity index is 1.67. The molecule has 0 spiro atoms. The van der Waals surface area contributed by atoms with Gasteiger partial charge in [0.1, 0.15) is 29.3 Å². The number of anilines is 1. The Labute approximate surface area is 194 Å². The Morgan fingerprint density at radius 1 is 1.09 bits per heavy atom. The van der Waals surface area contributed by atoms with Gasteiger partial charge in [0.2, 0.25) is 0 Å². The summed E-state index contributed by atoms with van der Waals surface area (Å²) in [6.07, 6.45) is -0.912. The molecule has 11 heteroatoms. The summed E-state index contributed by atoms with van der Waals surface area (Å²) >= 11 is 0. The minimum Gasteiger partial charge on any atom is -0.496 e. The molecule has 0 atom stereocenters. The largest absolute Gasteiger partial charge is 0.496 e. The van der Waals surface area contributed by atoms with Gasteiger partial charge in [-0.3, -0.25) is 9.20 Å². The van der Waals surface area contributed by atoms with Crippen LogP contribution in [0.1, 0.15) is 10.4 Å². The number of fused-ring (bicyclic) bond motifs is 1. The number of amides is 1. The summed E-state index contributed by atoms with van der Waals surface area (Å²) < 4.78 is 50.3. The minimum atomic E-state index is -4.53. The third-order valence-corrected chi connectivity index (χ3v) is 5.84. The topological polar surface area (TPSA) is 71.3 Å². The number of rotatable bonds is 6. The van der Waals surface area contributed by atoms with E-state index in [-0.39, 0.29) is 17.1 Å². The molecule has 1 aliphatic rings. The number of alkyl halides is 3. The quantitative estimate of drug-likeness (QED) is 0.589. The zero-order valence-corrected chi connectivity index (χ0v) is 19.1. The first kappa shape index (κ1) is 23.7. The van der Waals surface area contributed by atoms with Gasteiger partial charge in [-0.2, -0.15) is 13.2 Å². The van der Waals surface area contributed by atoms with Crippen molar-refractivity contribution in [3.8, 4) is 22.8 Å². The van der Waals surface area contributed by atoms with Crippen LogP contribution in [0, 0.1) is 0 Å². The van der Waals surface area contributed by atoms with Gasteiger partial charge in [-0.25, -0.2) is 4.98 Å². The van der Waals surface area contributed by atoms with E-state index in [0.717, 1.165) is 43.2 Å². The van der Waals surface area contributed by atoms with Crippen LogP contribution in [0.15, 0.2) is 36.7 Å². The van der Waals surface area contributed by atoms with E-state index in [1.165, 1.54) is 14.2 Å². The number of pyridine rings is 1. The molecule has 0 aliphatic carbocycles. The van der Waals surface area contributed by atoms with Crippen LogP contribution < -0.4 is 19.7 Å². The standard InChI is InChI=1S/C23H26F3N5O3/c1-29-6-8-30(9-7-29)16-4-5-31-17(13-27-20(31)12-16)15-10-18(33-2)21(19(11-15)34-3)22(32)28-14-23(24,25)26/h4-5,10-13H,6-9,14H2,1-3H3,(H,28,32). The number of hydrogen-bond acceptors (Lipinski definition) is 6. The second kappa shape index (κ2) is 9.41. The van der Waals surface area contributed by atoms with Gasteiger partial charge in [0.15, 0.2) is 0 Å². The van der Waals surface area contributed by atoms with Crippen molar-refractivity contribution < 1.29 is 27.4 Å². The number of ether oxygens (including phenoxy) is 2. The number of hydrogen-bond donors (Lipinski definition) is 1. The highest BCUT2D eigenvalue weighted by molar-refractivity contribution is 6.00. The fourth-order valence-corrected chi connectivity index (χ4v) is 4.00. The monoisotopic (exact) mass is 477 g/mol. The molecule has 4 rings (SSSR count). The lowest BCUT2D eigenvalue weighted by atomic mass is 10.1. The molecule has 34 heavy (non-hydrogen) atoms. The summed E-state index contributed by atoms with van der Waals surface area (Å²) in [4.78, 5) is 21.6. The molecule has 1 N–H and O–H groups in total. The van der Waals surface area contributed by atoms with Crippen LogP contribution in [0.25, 0.3) is 16.9 Å². The molecule has 0 radical (unpaired) electrons. The highest BCUT2D eigenvalue weighted by Crippen LogP contribution is 2.36. The first-order valence-electron chi connectivity index (χ1n) is 10.7. The number of carbonyl (C=O) groups is 1. The van der Waals surface area contributed by atoms with E-state index < -0.39 is 18.6 Å². The highest BCUT2D eigenvalue weighted by atomic mass is 19.4. The van der Waals surface area contributed by atoms with Crippen LogP contribution in [-0.2, 0) is 0 Å². The van der Waals surface area contributed by atoms with E-state index in [1.807, 2.05) is 28.0 Å². The predicted molar refractivity (Wildman–Crippen MR) is 122 cm³/mol. The molecule has 1 fully saturated rings. The van der Waals surface area contributed by atoms with E-state index >= 15 is 0 Å². The number of nitrogens with zero attached hydrogens (tertiary/aromatic N) is 4. The molecular formula is C23H26F3N5O3. The highest BCUT2D eigenvalue weighted by Gasteiger charge is 2.30. The third-order valence-electron chi connectivity index (χ3n) is 5.84. The molecule has 8 nitrogen and oxygen atoms in total. The Morgan fingerprint density at radius 2 is 1.74 bits per heavy atom. The lowest BCUT2D eigenvalue weighted by Gasteiger charge is -2.34. The van der Waals surface area contributed by atoms with Crippen molar-refractivity contribution in [2.24, 2.45) is 0 Å². The molecule has 0 unspecified atom stereocenters. The van der Waals surface area contributed by atoms with Crippen LogP contribution in [0.4, 0.5) is 18.9 Å². The SMILES string of the molecule is COc1cc(-c2cnc3cc(N4CCN(C)CC4)ccn23)cc(OC)c1C(=O)NCC(F)(F)F. The Hall–Kier alpha value is -3.47. The molecular weight excluding hydrogens is 451 g/mol. The summed E-state index contributed by atoms with van der Waals surface area (Å²) in [6, 6.07) is 7.21. The molecule has 1 aromatic carbocycles. The van der Waals surface area contributed by atoms with Gasteiger partial charge in [-0.1, -0.05) is 0 Å². The van der Waals surface area contributed by atoms with Gasteiger partial charge < -0.3 is 24.6 Å². The van der Waals surface area contributed by atoms with Gasteiger partial charge in [0.05, 0.1) is 26.1 Å². The molecule has 0 saturated carbocycles. The summed E-state index contributed by atoms with van der Waals surface area (Å²) in [7, 11) is 4.79. The number of carbonyl (C=O) groups excluding carboxylic acids is 1. The van der Waals surface area contributed by atoms with Gasteiger partial charge in [0.25, 0.3) is 5.91 Å². The van der Waals surface area contributed by atoms with E-state index in [9.17, 15) is 18.0 Å². The Kier molecular flexibility index (Phi) is 6.56. The zero-order valence-electron chi connectivity index (χ0n) is 19.1. The molecule has 1 saturated heterocycles. The maximum atomic E-state index is 12.6. The summed E-state index contributed by atoms with van der Waals surface area (Å²) in [5, 5.41) is 1.86. The van der Waals surface area contributed by atoms with Crippen molar-refractivity contribution in [1.29, 1.82) is 0 Å². The molecule has 1 amide bonds. The molecule has 3 aromatic rings. The second-order valence-electron chi connectivity index (χ2n) is 8.10. The smallest absolute Gasteiger partial charge is 0.405 e.